The van der Waals surface area contributed by atoms with Gasteiger partial charge in [-0.05, 0) is 31.7 Å². The second-order valence-corrected chi connectivity index (χ2v) is 6.21. The number of carboxylic acid groups (broad SMARTS) is 1. The first-order valence-electron chi connectivity index (χ1n) is 8.32. The van der Waals surface area contributed by atoms with E-state index >= 15 is 0 Å². The number of aryl methyl sites for hydroxylation is 1. The van der Waals surface area contributed by atoms with Crippen molar-refractivity contribution in [2.24, 2.45) is 5.92 Å². The van der Waals surface area contributed by atoms with E-state index in [2.05, 4.69) is 5.32 Å². The number of carbonyl (C=O) groups excluding carboxylic acids is 2. The number of nitrogens with one attached hydrogen (secondary N) is 1. The molecule has 1 aromatic carbocycles. The Bertz CT molecular complexity index is 580. The number of benzene rings is 1. The number of carbonyl (C=O) groups is 3. The van der Waals surface area contributed by atoms with Gasteiger partial charge in [0.2, 0.25) is 11.8 Å². The summed E-state index contributed by atoms with van der Waals surface area (Å²) in [5.41, 5.74) is 1.14. The van der Waals surface area contributed by atoms with Gasteiger partial charge in [-0.15, -0.1) is 0 Å². The molecule has 0 aliphatic carbocycles. The van der Waals surface area contributed by atoms with E-state index in [0.29, 0.717) is 32.4 Å². The number of nitrogens with zero attached hydrogens (tertiary/aromatic N) is 1. The van der Waals surface area contributed by atoms with Crippen LogP contribution in [-0.4, -0.2) is 46.9 Å². The van der Waals surface area contributed by atoms with E-state index in [1.807, 2.05) is 30.3 Å². The molecule has 2 rings (SSSR count). The zero-order valence-electron chi connectivity index (χ0n) is 13.9. The molecule has 1 unspecified atom stereocenters. The van der Waals surface area contributed by atoms with Crippen molar-refractivity contribution in [1.29, 1.82) is 0 Å². The van der Waals surface area contributed by atoms with E-state index in [1.165, 1.54) is 6.92 Å². The fourth-order valence-electron chi connectivity index (χ4n) is 2.84. The summed E-state index contributed by atoms with van der Waals surface area (Å²) < 4.78 is 0. The van der Waals surface area contributed by atoms with Crippen LogP contribution in [0.4, 0.5) is 0 Å². The van der Waals surface area contributed by atoms with Crippen molar-refractivity contribution in [3.8, 4) is 0 Å². The van der Waals surface area contributed by atoms with Crippen LogP contribution in [-0.2, 0) is 20.8 Å². The SMILES string of the molecule is CC(NC(=O)C1CCN(C(=O)CCc2ccccc2)CC1)C(=O)O. The summed E-state index contributed by atoms with van der Waals surface area (Å²) in [5.74, 6) is -1.39. The first-order valence-corrected chi connectivity index (χ1v) is 8.32. The largest absolute Gasteiger partial charge is 0.480 e. The van der Waals surface area contributed by atoms with Crippen molar-refractivity contribution in [3.05, 3.63) is 35.9 Å². The highest BCUT2D eigenvalue weighted by Gasteiger charge is 2.28. The first kappa shape index (κ1) is 18.0. The van der Waals surface area contributed by atoms with Crippen molar-refractivity contribution in [3.63, 3.8) is 0 Å². The van der Waals surface area contributed by atoms with Gasteiger partial charge in [0.05, 0.1) is 0 Å². The van der Waals surface area contributed by atoms with Crippen LogP contribution >= 0.6 is 0 Å². The predicted molar refractivity (Wildman–Crippen MR) is 89.3 cm³/mol. The number of piperidine rings is 1. The molecule has 130 valence electrons. The Kier molecular flexibility index (Phi) is 6.35. The Morgan fingerprint density at radius 3 is 2.42 bits per heavy atom. The van der Waals surface area contributed by atoms with Gasteiger partial charge in [-0.2, -0.15) is 0 Å². The molecule has 1 fully saturated rings. The lowest BCUT2D eigenvalue weighted by Gasteiger charge is -2.31. The quantitative estimate of drug-likeness (QED) is 0.825. The summed E-state index contributed by atoms with van der Waals surface area (Å²) >= 11 is 0. The number of rotatable bonds is 6. The molecule has 6 heteroatoms. The molecule has 6 nitrogen and oxygen atoms in total. The average Bonchev–Trinajstić information content (AvgIpc) is 2.60. The standard InChI is InChI=1S/C18H24N2O4/c1-13(18(23)24)19-17(22)15-9-11-20(12-10-15)16(21)8-7-14-5-3-2-4-6-14/h2-6,13,15H,7-12H2,1H3,(H,19,22)(H,23,24). The van der Waals surface area contributed by atoms with Crippen molar-refractivity contribution in [2.45, 2.75) is 38.6 Å². The van der Waals surface area contributed by atoms with E-state index in [1.54, 1.807) is 4.90 Å². The highest BCUT2D eigenvalue weighted by atomic mass is 16.4. The van der Waals surface area contributed by atoms with E-state index in [9.17, 15) is 14.4 Å². The van der Waals surface area contributed by atoms with Gasteiger partial charge in [0.25, 0.3) is 0 Å². The summed E-state index contributed by atoms with van der Waals surface area (Å²) in [6.45, 7) is 2.54. The van der Waals surface area contributed by atoms with E-state index in [-0.39, 0.29) is 17.7 Å². The normalized spacial score (nSPS) is 16.5. The molecule has 2 amide bonds. The summed E-state index contributed by atoms with van der Waals surface area (Å²) in [5, 5.41) is 11.3. The molecule has 24 heavy (non-hydrogen) atoms. The molecule has 2 N–H and O–H groups in total. The number of hydrogen-bond donors (Lipinski definition) is 2. The van der Waals surface area contributed by atoms with Gasteiger partial charge < -0.3 is 15.3 Å². The minimum Gasteiger partial charge on any atom is -0.480 e. The van der Waals surface area contributed by atoms with E-state index < -0.39 is 12.0 Å². The molecule has 1 saturated heterocycles. The lowest BCUT2D eigenvalue weighted by Crippen LogP contribution is -2.46. The molecular formula is C18H24N2O4. The highest BCUT2D eigenvalue weighted by Crippen LogP contribution is 2.18. The van der Waals surface area contributed by atoms with Crippen molar-refractivity contribution in [1.82, 2.24) is 10.2 Å². The zero-order chi connectivity index (χ0) is 17.5. The molecule has 0 spiro atoms. The zero-order valence-corrected chi connectivity index (χ0v) is 13.9. The number of hydrogen-bond acceptors (Lipinski definition) is 3. The Hall–Kier alpha value is -2.37. The third-order valence-corrected chi connectivity index (χ3v) is 4.42. The molecule has 0 radical (unpaired) electrons. The summed E-state index contributed by atoms with van der Waals surface area (Å²) in [7, 11) is 0. The van der Waals surface area contributed by atoms with Gasteiger partial charge in [0, 0.05) is 25.4 Å². The van der Waals surface area contributed by atoms with Gasteiger partial charge in [0.1, 0.15) is 6.04 Å². The minimum absolute atomic E-state index is 0.108. The van der Waals surface area contributed by atoms with Crippen LogP contribution in [0.5, 0.6) is 0 Å². The molecule has 0 saturated carbocycles. The number of aliphatic carboxylic acids is 1. The number of carboxylic acids is 1. The van der Waals surface area contributed by atoms with Crippen molar-refractivity contribution in [2.75, 3.05) is 13.1 Å². The molecular weight excluding hydrogens is 308 g/mol. The van der Waals surface area contributed by atoms with E-state index in [0.717, 1.165) is 12.0 Å². The molecule has 0 aromatic heterocycles. The van der Waals surface area contributed by atoms with Crippen molar-refractivity contribution >= 4 is 17.8 Å². The average molecular weight is 332 g/mol. The maximum atomic E-state index is 12.3. The highest BCUT2D eigenvalue weighted by molar-refractivity contribution is 5.85. The fraction of sp³-hybridized carbons (Fsp3) is 0.500. The third kappa shape index (κ3) is 5.08. The lowest BCUT2D eigenvalue weighted by atomic mass is 9.95. The maximum Gasteiger partial charge on any atom is 0.325 e. The second kappa shape index (κ2) is 8.47. The van der Waals surface area contributed by atoms with Gasteiger partial charge in [-0.3, -0.25) is 14.4 Å². The maximum absolute atomic E-state index is 12.3. The van der Waals surface area contributed by atoms with Crippen LogP contribution in [0.15, 0.2) is 30.3 Å². The topological polar surface area (TPSA) is 86.7 Å². The Labute approximate surface area is 141 Å². The van der Waals surface area contributed by atoms with E-state index in [4.69, 9.17) is 5.11 Å². The van der Waals surface area contributed by atoms with Crippen LogP contribution < -0.4 is 5.32 Å². The molecule has 1 aliphatic heterocycles. The molecule has 1 aromatic rings. The Morgan fingerprint density at radius 1 is 1.21 bits per heavy atom. The third-order valence-electron chi connectivity index (χ3n) is 4.42. The Balaban J connectivity index is 1.74. The van der Waals surface area contributed by atoms with Gasteiger partial charge in [-0.1, -0.05) is 30.3 Å². The molecule has 1 aliphatic rings. The van der Waals surface area contributed by atoms with Gasteiger partial charge in [0.15, 0.2) is 0 Å². The Morgan fingerprint density at radius 2 is 1.83 bits per heavy atom. The molecule has 1 atom stereocenters. The number of amides is 2. The number of likely N-dealkylation sites (tertiary alicyclic amines) is 1. The monoisotopic (exact) mass is 332 g/mol. The van der Waals surface area contributed by atoms with Crippen LogP contribution in [0.3, 0.4) is 0 Å². The van der Waals surface area contributed by atoms with Crippen molar-refractivity contribution < 1.29 is 19.5 Å². The summed E-state index contributed by atoms with van der Waals surface area (Å²) in [6, 6.07) is 9.00. The van der Waals surface area contributed by atoms with Crippen LogP contribution in [0.1, 0.15) is 31.7 Å². The summed E-state index contributed by atoms with van der Waals surface area (Å²) in [6.07, 6.45) is 2.34. The van der Waals surface area contributed by atoms with Gasteiger partial charge in [-0.25, -0.2) is 0 Å². The fourth-order valence-corrected chi connectivity index (χ4v) is 2.84. The smallest absolute Gasteiger partial charge is 0.325 e. The molecule has 0 bridgehead atoms. The summed E-state index contributed by atoms with van der Waals surface area (Å²) in [4.78, 5) is 36.9. The van der Waals surface area contributed by atoms with Crippen LogP contribution in [0.25, 0.3) is 0 Å². The predicted octanol–water partition coefficient (Wildman–Crippen LogP) is 1.45. The lowest BCUT2D eigenvalue weighted by molar-refractivity contribution is -0.142. The van der Waals surface area contributed by atoms with Crippen LogP contribution in [0.2, 0.25) is 0 Å². The minimum atomic E-state index is -1.04. The second-order valence-electron chi connectivity index (χ2n) is 6.21. The van der Waals surface area contributed by atoms with Gasteiger partial charge >= 0.3 is 5.97 Å². The first-order chi connectivity index (χ1) is 11.5. The van der Waals surface area contributed by atoms with Crippen LogP contribution in [0, 0.1) is 5.92 Å². The molecule has 1 heterocycles.